The first-order valence-corrected chi connectivity index (χ1v) is 18.6. The number of aromatic nitrogens is 1. The van der Waals surface area contributed by atoms with Gasteiger partial charge in [-0.05, 0) is 95.7 Å². The van der Waals surface area contributed by atoms with Crippen molar-refractivity contribution in [3.63, 3.8) is 0 Å². The highest BCUT2D eigenvalue weighted by Crippen LogP contribution is 2.49. The quantitative estimate of drug-likeness (QED) is 0.169. The molecule has 0 bridgehead atoms. The molecule has 2 heterocycles. The van der Waals surface area contributed by atoms with Crippen molar-refractivity contribution in [3.8, 4) is 27.9 Å². The smallest absolute Gasteiger partial charge is 0.160 e. The Hall–Kier alpha value is -7.16. The predicted octanol–water partition coefficient (Wildman–Crippen LogP) is 14.6. The van der Waals surface area contributed by atoms with Gasteiger partial charge in [0.2, 0.25) is 0 Å². The lowest BCUT2D eigenvalue weighted by Crippen LogP contribution is -1.96. The Morgan fingerprint density at radius 2 is 0.870 bits per heavy atom. The summed E-state index contributed by atoms with van der Waals surface area (Å²) in [4.78, 5) is 0. The molecule has 12 rings (SSSR count). The second kappa shape index (κ2) is 11.2. The van der Waals surface area contributed by atoms with Crippen LogP contribution in [0.25, 0.3) is 115 Å². The lowest BCUT2D eigenvalue weighted by atomic mass is 9.84. The summed E-state index contributed by atoms with van der Waals surface area (Å²) in [5, 5.41) is 14.6. The van der Waals surface area contributed by atoms with Crippen molar-refractivity contribution >= 4 is 86.8 Å². The fourth-order valence-corrected chi connectivity index (χ4v) is 9.27. The molecule has 0 saturated heterocycles. The molecule has 0 fully saturated rings. The summed E-state index contributed by atoms with van der Waals surface area (Å²) in [6.45, 7) is 0. The van der Waals surface area contributed by atoms with Crippen LogP contribution in [0.5, 0.6) is 0 Å². The van der Waals surface area contributed by atoms with Gasteiger partial charge < -0.3 is 8.98 Å². The van der Waals surface area contributed by atoms with Crippen LogP contribution in [-0.2, 0) is 0 Å². The molecule has 0 amide bonds. The average molecular weight is 686 g/mol. The number of hydrogen-bond donors (Lipinski definition) is 0. The van der Waals surface area contributed by atoms with E-state index < -0.39 is 0 Å². The Labute approximate surface area is 310 Å². The summed E-state index contributed by atoms with van der Waals surface area (Å²) >= 11 is 0. The third-order valence-corrected chi connectivity index (χ3v) is 11.5. The number of fused-ring (bicyclic) bond motifs is 10. The van der Waals surface area contributed by atoms with Crippen LogP contribution in [0.3, 0.4) is 0 Å². The third kappa shape index (κ3) is 4.05. The minimum atomic E-state index is 0.883. The minimum absolute atomic E-state index is 0.883. The number of benzene rings is 10. The van der Waals surface area contributed by atoms with E-state index in [0.717, 1.165) is 33.1 Å². The van der Waals surface area contributed by atoms with E-state index in [1.807, 2.05) is 0 Å². The van der Waals surface area contributed by atoms with Gasteiger partial charge in [-0.3, -0.25) is 0 Å². The van der Waals surface area contributed by atoms with Crippen molar-refractivity contribution < 1.29 is 4.42 Å². The summed E-state index contributed by atoms with van der Waals surface area (Å²) in [5.41, 5.74) is 10.0. The van der Waals surface area contributed by atoms with E-state index in [0.29, 0.717) is 0 Å². The van der Waals surface area contributed by atoms with E-state index in [2.05, 4.69) is 193 Å². The van der Waals surface area contributed by atoms with Crippen LogP contribution in [0, 0.1) is 0 Å². The molecule has 0 saturated carbocycles. The molecule has 0 unspecified atom stereocenters. The maximum Gasteiger partial charge on any atom is 0.160 e. The van der Waals surface area contributed by atoms with Crippen LogP contribution in [0.4, 0.5) is 0 Å². The zero-order valence-electron chi connectivity index (χ0n) is 29.3. The highest BCUT2D eigenvalue weighted by molar-refractivity contribution is 6.27. The van der Waals surface area contributed by atoms with E-state index in [1.54, 1.807) is 0 Å². The van der Waals surface area contributed by atoms with Gasteiger partial charge in [-0.25, -0.2) is 0 Å². The molecule has 0 spiro atoms. The highest BCUT2D eigenvalue weighted by Gasteiger charge is 2.24. The van der Waals surface area contributed by atoms with Crippen LogP contribution < -0.4 is 0 Å². The number of para-hydroxylation sites is 2. The molecule has 0 N–H and O–H groups in total. The molecular weight excluding hydrogens is 655 g/mol. The zero-order chi connectivity index (χ0) is 35.3. The first-order chi connectivity index (χ1) is 26.8. The molecule has 0 radical (unpaired) electrons. The second-order valence-electron chi connectivity index (χ2n) is 14.4. The second-order valence-corrected chi connectivity index (χ2v) is 14.4. The fourth-order valence-electron chi connectivity index (χ4n) is 9.27. The van der Waals surface area contributed by atoms with Crippen molar-refractivity contribution in [3.05, 3.63) is 188 Å². The van der Waals surface area contributed by atoms with Crippen molar-refractivity contribution in [2.24, 2.45) is 0 Å². The van der Waals surface area contributed by atoms with Crippen molar-refractivity contribution in [2.75, 3.05) is 0 Å². The molecule has 54 heavy (non-hydrogen) atoms. The van der Waals surface area contributed by atoms with Crippen molar-refractivity contribution in [1.29, 1.82) is 0 Å². The van der Waals surface area contributed by atoms with Gasteiger partial charge in [-0.2, -0.15) is 0 Å². The molecule has 0 aliphatic heterocycles. The van der Waals surface area contributed by atoms with E-state index in [1.165, 1.54) is 81.6 Å². The van der Waals surface area contributed by atoms with Gasteiger partial charge in [0.1, 0.15) is 5.58 Å². The zero-order valence-corrected chi connectivity index (χ0v) is 29.3. The van der Waals surface area contributed by atoms with Crippen molar-refractivity contribution in [2.45, 2.75) is 0 Å². The first kappa shape index (κ1) is 29.4. The molecule has 0 aliphatic rings. The van der Waals surface area contributed by atoms with Crippen LogP contribution in [0.15, 0.2) is 192 Å². The number of hydrogen-bond acceptors (Lipinski definition) is 1. The third-order valence-electron chi connectivity index (χ3n) is 11.5. The van der Waals surface area contributed by atoms with Gasteiger partial charge in [0.05, 0.1) is 16.7 Å². The molecule has 12 aromatic rings. The normalized spacial score (nSPS) is 12.1. The largest absolute Gasteiger partial charge is 0.454 e. The summed E-state index contributed by atoms with van der Waals surface area (Å²) in [7, 11) is 0. The molecule has 0 atom stereocenters. The van der Waals surface area contributed by atoms with E-state index in [-0.39, 0.29) is 0 Å². The van der Waals surface area contributed by atoms with Crippen molar-refractivity contribution in [1.82, 2.24) is 4.57 Å². The lowest BCUT2D eigenvalue weighted by molar-refractivity contribution is 0.666. The van der Waals surface area contributed by atoms with E-state index >= 15 is 0 Å². The molecule has 2 nitrogen and oxygen atoms in total. The van der Waals surface area contributed by atoms with Crippen LogP contribution in [0.2, 0.25) is 0 Å². The fraction of sp³-hybridized carbons (Fsp3) is 0. The van der Waals surface area contributed by atoms with Crippen LogP contribution in [0.1, 0.15) is 0 Å². The van der Waals surface area contributed by atoms with Gasteiger partial charge >= 0.3 is 0 Å². The van der Waals surface area contributed by atoms with Gasteiger partial charge in [-0.15, -0.1) is 0 Å². The van der Waals surface area contributed by atoms with Gasteiger partial charge in [0.25, 0.3) is 0 Å². The Bertz CT molecular complexity index is 3450. The molecule has 0 aliphatic carbocycles. The van der Waals surface area contributed by atoms with Gasteiger partial charge in [-0.1, -0.05) is 158 Å². The Kier molecular flexibility index (Phi) is 6.09. The van der Waals surface area contributed by atoms with E-state index in [4.69, 9.17) is 4.42 Å². The SMILES string of the molecule is c1ccc2cc3c(cc2c1)c1ccccc1n3-c1ccc(-c2c3ccccc3c(-c3cccc4ccccc34)c3ccccc23)c2c1oc1ccccc12. The summed E-state index contributed by atoms with van der Waals surface area (Å²) in [6, 6.07) is 68.5. The van der Waals surface area contributed by atoms with Gasteiger partial charge in [0, 0.05) is 21.5 Å². The predicted molar refractivity (Wildman–Crippen MR) is 229 cm³/mol. The molecule has 10 aromatic carbocycles. The minimum Gasteiger partial charge on any atom is -0.454 e. The number of furan rings is 1. The van der Waals surface area contributed by atoms with Crippen LogP contribution in [-0.4, -0.2) is 4.57 Å². The number of nitrogens with zero attached hydrogens (tertiary/aromatic N) is 1. The summed E-state index contributed by atoms with van der Waals surface area (Å²) < 4.78 is 9.41. The first-order valence-electron chi connectivity index (χ1n) is 18.6. The maximum absolute atomic E-state index is 7.00. The van der Waals surface area contributed by atoms with E-state index in [9.17, 15) is 0 Å². The number of rotatable bonds is 3. The Morgan fingerprint density at radius 1 is 0.333 bits per heavy atom. The topological polar surface area (TPSA) is 18.1 Å². The highest BCUT2D eigenvalue weighted by atomic mass is 16.3. The molecule has 2 aromatic heterocycles. The summed E-state index contributed by atoms with van der Waals surface area (Å²) in [6.07, 6.45) is 0. The Balaban J connectivity index is 1.23. The molecule has 2 heteroatoms. The molecular formula is C52H31NO. The molecule has 250 valence electrons. The standard InChI is InChI=1S/C52H31NO/c1-2-16-34-31-47-44(30-33(34)15-1)36-19-9-11-26-45(36)53(47)46-29-28-43(51-42-24-10-12-27-48(42)54-52(46)51)50-40-22-7-5-20-38(40)49(39-21-6-8-23-41(39)50)37-25-13-17-32-14-3-4-18-35(32)37/h1-31H. The monoisotopic (exact) mass is 685 g/mol. The summed E-state index contributed by atoms with van der Waals surface area (Å²) in [5.74, 6) is 0. The van der Waals surface area contributed by atoms with Crippen LogP contribution >= 0.6 is 0 Å². The lowest BCUT2D eigenvalue weighted by Gasteiger charge is -2.20. The Morgan fingerprint density at radius 3 is 1.59 bits per heavy atom. The maximum atomic E-state index is 7.00. The average Bonchev–Trinajstić information content (AvgIpc) is 3.78. The van der Waals surface area contributed by atoms with Gasteiger partial charge in [0.15, 0.2) is 5.58 Å².